The predicted octanol–water partition coefficient (Wildman–Crippen LogP) is 1.66. The standard InChI is InChI=1S/C23H23NO3/c1-5-15-20(6-2)27-21-13-19(24-7-3)14(4)12-18(21)22(15)16-10-8-9-11-17(16)23(25)26/h5-6,8-13H,7H2,1-4H3,(H,25,26)/p+1. The van der Waals surface area contributed by atoms with Gasteiger partial charge in [0.25, 0.3) is 0 Å². The summed E-state index contributed by atoms with van der Waals surface area (Å²) < 4.78 is 6.16. The number of rotatable bonds is 3. The number of carbonyl (C=O) groups is 1. The van der Waals surface area contributed by atoms with Crippen LogP contribution in [0.3, 0.4) is 0 Å². The first-order valence-corrected chi connectivity index (χ1v) is 9.11. The second-order valence-corrected chi connectivity index (χ2v) is 6.38. The molecule has 0 radical (unpaired) electrons. The molecule has 3 rings (SSSR count). The minimum Gasteiger partial charge on any atom is -0.478 e. The number of aryl methyl sites for hydroxylation is 1. The minimum absolute atomic E-state index is 0.281. The maximum atomic E-state index is 11.8. The fraction of sp³-hybridized carbons (Fsp3) is 0.217. The minimum atomic E-state index is -0.940. The van der Waals surface area contributed by atoms with Crippen LogP contribution in [0.4, 0.5) is 0 Å². The second kappa shape index (κ2) is 7.62. The van der Waals surface area contributed by atoms with Gasteiger partial charge < -0.3 is 9.52 Å². The maximum Gasteiger partial charge on any atom is 0.336 e. The summed E-state index contributed by atoms with van der Waals surface area (Å²) >= 11 is 0. The van der Waals surface area contributed by atoms with E-state index in [1.807, 2.05) is 51.1 Å². The normalized spacial score (nSPS) is 13.6. The molecular formula is C23H24NO3+. The number of aromatic carboxylic acids is 1. The van der Waals surface area contributed by atoms with Crippen molar-refractivity contribution in [3.8, 4) is 22.5 Å². The highest BCUT2D eigenvalue weighted by Crippen LogP contribution is 2.31. The van der Waals surface area contributed by atoms with E-state index in [0.29, 0.717) is 5.56 Å². The van der Waals surface area contributed by atoms with Crippen LogP contribution >= 0.6 is 0 Å². The van der Waals surface area contributed by atoms with Gasteiger partial charge in [0, 0.05) is 21.9 Å². The molecule has 2 N–H and O–H groups in total. The summed E-state index contributed by atoms with van der Waals surface area (Å²) in [6.07, 6.45) is 3.88. The van der Waals surface area contributed by atoms with Gasteiger partial charge in [-0.2, -0.15) is 0 Å². The van der Waals surface area contributed by atoms with E-state index in [-0.39, 0.29) is 5.56 Å². The van der Waals surface area contributed by atoms with Crippen molar-refractivity contribution in [1.29, 1.82) is 0 Å². The fourth-order valence-electron chi connectivity index (χ4n) is 3.47. The van der Waals surface area contributed by atoms with Crippen LogP contribution < -0.4 is 21.0 Å². The van der Waals surface area contributed by atoms with E-state index in [2.05, 4.69) is 18.0 Å². The van der Waals surface area contributed by atoms with Crippen molar-refractivity contribution >= 4 is 18.1 Å². The summed E-state index contributed by atoms with van der Waals surface area (Å²) in [4.78, 5) is 15.2. The topological polar surface area (TPSA) is 64.4 Å². The zero-order valence-electron chi connectivity index (χ0n) is 16.1. The predicted molar refractivity (Wildman–Crippen MR) is 107 cm³/mol. The van der Waals surface area contributed by atoms with Gasteiger partial charge in [0.15, 0.2) is 0 Å². The first-order chi connectivity index (χ1) is 13.0. The molecule has 27 heavy (non-hydrogen) atoms. The van der Waals surface area contributed by atoms with Gasteiger partial charge in [0.2, 0.25) is 5.36 Å². The number of hydrogen-bond donors (Lipinski definition) is 2. The molecule has 0 spiro atoms. The van der Waals surface area contributed by atoms with Gasteiger partial charge in [-0.05, 0) is 51.5 Å². The van der Waals surface area contributed by atoms with Gasteiger partial charge in [-0.25, -0.2) is 9.79 Å². The number of nitrogens with one attached hydrogen (secondary N) is 1. The largest absolute Gasteiger partial charge is 0.478 e. The Labute approximate surface area is 158 Å². The zero-order chi connectivity index (χ0) is 19.6. The number of hydrogen-bond acceptors (Lipinski definition) is 2. The van der Waals surface area contributed by atoms with Gasteiger partial charge in [-0.3, -0.25) is 0 Å². The third-order valence-electron chi connectivity index (χ3n) is 4.70. The van der Waals surface area contributed by atoms with E-state index in [4.69, 9.17) is 4.42 Å². The van der Waals surface area contributed by atoms with Crippen LogP contribution in [-0.2, 0) is 0 Å². The van der Waals surface area contributed by atoms with Gasteiger partial charge >= 0.3 is 5.97 Å². The second-order valence-electron chi connectivity index (χ2n) is 6.38. The molecule has 1 aliphatic heterocycles. The monoisotopic (exact) mass is 362 g/mol. The highest BCUT2D eigenvalue weighted by Gasteiger charge is 2.20. The molecule has 0 fully saturated rings. The smallest absolute Gasteiger partial charge is 0.336 e. The first-order valence-electron chi connectivity index (χ1n) is 9.11. The van der Waals surface area contributed by atoms with E-state index in [1.165, 1.54) is 0 Å². The van der Waals surface area contributed by atoms with Crippen molar-refractivity contribution in [2.75, 3.05) is 6.54 Å². The van der Waals surface area contributed by atoms with Gasteiger partial charge in [-0.15, -0.1) is 0 Å². The van der Waals surface area contributed by atoms with Crippen molar-refractivity contribution in [2.24, 2.45) is 0 Å². The van der Waals surface area contributed by atoms with Crippen LogP contribution in [0.1, 0.15) is 36.7 Å². The quantitative estimate of drug-likeness (QED) is 0.745. The molecule has 4 heteroatoms. The van der Waals surface area contributed by atoms with Crippen molar-refractivity contribution in [3.05, 3.63) is 63.5 Å². The molecular weight excluding hydrogens is 338 g/mol. The highest BCUT2D eigenvalue weighted by atomic mass is 16.4. The number of carboxylic acid groups (broad SMARTS) is 1. The Morgan fingerprint density at radius 1 is 1.15 bits per heavy atom. The summed E-state index contributed by atoms with van der Waals surface area (Å²) in [5, 5.41) is 11.6. The molecule has 138 valence electrons. The lowest BCUT2D eigenvalue weighted by Gasteiger charge is -2.15. The first kappa shape index (κ1) is 18.6. The van der Waals surface area contributed by atoms with E-state index >= 15 is 0 Å². The molecule has 1 aliphatic carbocycles. The van der Waals surface area contributed by atoms with Crippen LogP contribution in [-0.4, -0.2) is 17.6 Å². The van der Waals surface area contributed by atoms with Crippen LogP contribution in [0.5, 0.6) is 0 Å². The van der Waals surface area contributed by atoms with Crippen molar-refractivity contribution in [3.63, 3.8) is 0 Å². The van der Waals surface area contributed by atoms with Crippen LogP contribution in [0.15, 0.2) is 40.8 Å². The molecule has 1 aromatic carbocycles. The lowest BCUT2D eigenvalue weighted by atomic mass is 9.91. The number of benzene rings is 2. The van der Waals surface area contributed by atoms with E-state index in [1.54, 1.807) is 12.1 Å². The molecule has 4 nitrogen and oxygen atoms in total. The Kier molecular flexibility index (Phi) is 5.26. The van der Waals surface area contributed by atoms with Crippen LogP contribution in [0.2, 0.25) is 0 Å². The Morgan fingerprint density at radius 2 is 1.89 bits per heavy atom. The molecule has 0 bridgehead atoms. The summed E-state index contributed by atoms with van der Waals surface area (Å²) in [6, 6.07) is 11.2. The average Bonchev–Trinajstić information content (AvgIpc) is 2.67. The Bertz CT molecular complexity index is 1170. The van der Waals surface area contributed by atoms with E-state index in [0.717, 1.165) is 45.0 Å². The fourth-order valence-corrected chi connectivity index (χ4v) is 3.47. The summed E-state index contributed by atoms with van der Waals surface area (Å²) in [5.41, 5.74) is 4.58. The Hall–Kier alpha value is -3.14. The molecule has 1 heterocycles. The summed E-state index contributed by atoms with van der Waals surface area (Å²) in [7, 11) is 0. The van der Waals surface area contributed by atoms with E-state index < -0.39 is 5.97 Å². The SMILES string of the molecule is CC=c1oc2cc(=[NH+]CC)c(C)cc-2c(-c2ccccc2C(=O)O)c1=CC. The molecule has 0 unspecified atom stereocenters. The van der Waals surface area contributed by atoms with Gasteiger partial charge in [-0.1, -0.05) is 24.3 Å². The number of carboxylic acids is 1. The molecule has 0 saturated carbocycles. The molecule has 1 aromatic rings. The summed E-state index contributed by atoms with van der Waals surface area (Å²) in [6.45, 7) is 8.77. The third kappa shape index (κ3) is 3.31. The Morgan fingerprint density at radius 3 is 2.52 bits per heavy atom. The van der Waals surface area contributed by atoms with Gasteiger partial charge in [0.05, 0.1) is 11.6 Å². The molecule has 0 amide bonds. The average molecular weight is 362 g/mol. The highest BCUT2D eigenvalue weighted by molar-refractivity contribution is 5.98. The zero-order valence-corrected chi connectivity index (χ0v) is 16.1. The maximum absolute atomic E-state index is 11.8. The third-order valence-corrected chi connectivity index (χ3v) is 4.70. The lowest BCUT2D eigenvalue weighted by molar-refractivity contribution is -0.496. The van der Waals surface area contributed by atoms with Gasteiger partial charge in [0.1, 0.15) is 17.7 Å². The van der Waals surface area contributed by atoms with Crippen molar-refractivity contribution < 1.29 is 19.3 Å². The Balaban J connectivity index is 2.58. The summed E-state index contributed by atoms with van der Waals surface area (Å²) in [5.74, 6) is -0.213. The number of fused-ring (bicyclic) bond motifs is 1. The van der Waals surface area contributed by atoms with Crippen molar-refractivity contribution in [1.82, 2.24) is 0 Å². The molecule has 0 aromatic heterocycles. The van der Waals surface area contributed by atoms with Crippen molar-refractivity contribution in [2.45, 2.75) is 27.7 Å². The lowest BCUT2D eigenvalue weighted by Crippen LogP contribution is -2.76. The van der Waals surface area contributed by atoms with E-state index in [9.17, 15) is 9.90 Å². The molecule has 0 atom stereocenters. The molecule has 2 aliphatic rings. The van der Waals surface area contributed by atoms with Crippen LogP contribution in [0.25, 0.3) is 34.6 Å². The molecule has 0 saturated heterocycles. The van der Waals surface area contributed by atoms with Crippen LogP contribution in [0, 0.1) is 6.92 Å².